The topological polar surface area (TPSA) is 70.6 Å². The third-order valence-corrected chi connectivity index (χ3v) is 4.19. The minimum Gasteiger partial charge on any atom is -0.406 e. The van der Waals surface area contributed by atoms with Crippen LogP contribution in [0.3, 0.4) is 0 Å². The highest BCUT2D eigenvalue weighted by atomic mass is 19.4. The second kappa shape index (κ2) is 9.32. The molecule has 0 saturated heterocycles. The van der Waals surface area contributed by atoms with Crippen molar-refractivity contribution in [2.45, 2.75) is 12.8 Å². The molecule has 0 atom stereocenters. The van der Waals surface area contributed by atoms with Gasteiger partial charge in [-0.3, -0.25) is 0 Å². The molecule has 3 N–H and O–H groups in total. The van der Waals surface area contributed by atoms with Crippen molar-refractivity contribution < 1.29 is 27.8 Å². The Morgan fingerprint density at radius 3 is 2.33 bits per heavy atom. The highest BCUT2D eigenvalue weighted by Crippen LogP contribution is 2.28. The van der Waals surface area contributed by atoms with E-state index in [1.807, 2.05) is 12.1 Å². The number of benzene rings is 3. The molecular formula is C22H19F3N2O3. The number of anilines is 2. The second-order valence-corrected chi connectivity index (χ2v) is 6.36. The zero-order valence-electron chi connectivity index (χ0n) is 15.7. The van der Waals surface area contributed by atoms with Gasteiger partial charge in [0.2, 0.25) is 0 Å². The summed E-state index contributed by atoms with van der Waals surface area (Å²) in [6.07, 6.45) is -4.32. The number of hydrogen-bond donors (Lipinski definition) is 3. The van der Waals surface area contributed by atoms with Crippen molar-refractivity contribution in [1.82, 2.24) is 0 Å². The SMILES string of the molecule is O=C(Nc1cccc(-c2ccc(OC(F)(F)F)cc2)c1)Nc1ccccc1CCO. The smallest absolute Gasteiger partial charge is 0.406 e. The van der Waals surface area contributed by atoms with Gasteiger partial charge in [0.15, 0.2) is 0 Å². The summed E-state index contributed by atoms with van der Waals surface area (Å²) in [6.45, 7) is -0.0326. The van der Waals surface area contributed by atoms with Crippen LogP contribution in [0.5, 0.6) is 5.75 Å². The maximum absolute atomic E-state index is 12.4. The first kappa shape index (κ1) is 21.2. The number of aliphatic hydroxyl groups is 1. The van der Waals surface area contributed by atoms with E-state index in [9.17, 15) is 18.0 Å². The summed E-state index contributed by atoms with van der Waals surface area (Å²) in [6, 6.07) is 19.1. The molecule has 156 valence electrons. The van der Waals surface area contributed by atoms with Gasteiger partial charge in [-0.05, 0) is 53.4 Å². The van der Waals surface area contributed by atoms with Crippen molar-refractivity contribution >= 4 is 17.4 Å². The summed E-state index contributed by atoms with van der Waals surface area (Å²) in [5.41, 5.74) is 3.31. The molecule has 5 nitrogen and oxygen atoms in total. The minimum absolute atomic E-state index is 0.0326. The van der Waals surface area contributed by atoms with E-state index < -0.39 is 12.4 Å². The van der Waals surface area contributed by atoms with Gasteiger partial charge in [-0.2, -0.15) is 0 Å². The fourth-order valence-electron chi connectivity index (χ4n) is 2.89. The molecule has 0 bridgehead atoms. The zero-order chi connectivity index (χ0) is 21.6. The van der Waals surface area contributed by atoms with Crippen LogP contribution in [-0.2, 0) is 6.42 Å². The van der Waals surface area contributed by atoms with Crippen molar-refractivity contribution in [3.8, 4) is 16.9 Å². The van der Waals surface area contributed by atoms with E-state index in [4.69, 9.17) is 5.11 Å². The number of rotatable bonds is 6. The lowest BCUT2D eigenvalue weighted by Crippen LogP contribution is -2.20. The highest BCUT2D eigenvalue weighted by Gasteiger charge is 2.30. The van der Waals surface area contributed by atoms with Gasteiger partial charge in [-0.1, -0.05) is 42.5 Å². The van der Waals surface area contributed by atoms with Crippen molar-refractivity contribution in [1.29, 1.82) is 0 Å². The monoisotopic (exact) mass is 416 g/mol. The van der Waals surface area contributed by atoms with E-state index in [1.165, 1.54) is 24.3 Å². The van der Waals surface area contributed by atoms with Crippen LogP contribution in [0, 0.1) is 0 Å². The van der Waals surface area contributed by atoms with E-state index >= 15 is 0 Å². The molecule has 2 amide bonds. The second-order valence-electron chi connectivity index (χ2n) is 6.36. The maximum atomic E-state index is 12.4. The Morgan fingerprint density at radius 2 is 1.63 bits per heavy atom. The minimum atomic E-state index is -4.74. The van der Waals surface area contributed by atoms with Crippen LogP contribution in [0.15, 0.2) is 72.8 Å². The molecule has 0 fully saturated rings. The normalized spacial score (nSPS) is 11.1. The number of halogens is 3. The molecule has 0 heterocycles. The first-order valence-corrected chi connectivity index (χ1v) is 9.07. The van der Waals surface area contributed by atoms with Crippen molar-refractivity contribution in [3.63, 3.8) is 0 Å². The average Bonchev–Trinajstić information content (AvgIpc) is 2.69. The van der Waals surface area contributed by atoms with Crippen LogP contribution in [0.1, 0.15) is 5.56 Å². The van der Waals surface area contributed by atoms with Crippen molar-refractivity contribution in [2.75, 3.05) is 17.2 Å². The fourth-order valence-corrected chi connectivity index (χ4v) is 2.89. The Hall–Kier alpha value is -3.52. The van der Waals surface area contributed by atoms with Gasteiger partial charge in [0, 0.05) is 18.0 Å². The van der Waals surface area contributed by atoms with E-state index in [0.29, 0.717) is 28.9 Å². The highest BCUT2D eigenvalue weighted by molar-refractivity contribution is 6.00. The van der Waals surface area contributed by atoms with Crippen LogP contribution in [0.4, 0.5) is 29.3 Å². The maximum Gasteiger partial charge on any atom is 0.573 e. The molecule has 30 heavy (non-hydrogen) atoms. The molecule has 0 aliphatic rings. The summed E-state index contributed by atoms with van der Waals surface area (Å²) in [5, 5.41) is 14.6. The number of nitrogens with one attached hydrogen (secondary N) is 2. The summed E-state index contributed by atoms with van der Waals surface area (Å²) in [4.78, 5) is 12.4. The number of carbonyl (C=O) groups is 1. The molecule has 3 aromatic rings. The number of alkyl halides is 3. The first-order valence-electron chi connectivity index (χ1n) is 9.07. The van der Waals surface area contributed by atoms with Crippen molar-refractivity contribution in [3.05, 3.63) is 78.4 Å². The first-order chi connectivity index (χ1) is 14.3. The predicted molar refractivity (Wildman–Crippen MR) is 108 cm³/mol. The quantitative estimate of drug-likeness (QED) is 0.502. The van der Waals surface area contributed by atoms with Crippen molar-refractivity contribution in [2.24, 2.45) is 0 Å². The Morgan fingerprint density at radius 1 is 0.900 bits per heavy atom. The third-order valence-electron chi connectivity index (χ3n) is 4.19. The molecule has 0 aliphatic heterocycles. The lowest BCUT2D eigenvalue weighted by atomic mass is 10.1. The van der Waals surface area contributed by atoms with Gasteiger partial charge in [0.1, 0.15) is 5.75 Å². The predicted octanol–water partition coefficient (Wildman–Crippen LogP) is 5.43. The lowest BCUT2D eigenvalue weighted by Gasteiger charge is -2.12. The Kier molecular flexibility index (Phi) is 6.58. The summed E-state index contributed by atoms with van der Waals surface area (Å²) in [7, 11) is 0. The molecule has 0 saturated carbocycles. The molecule has 3 rings (SSSR count). The summed E-state index contributed by atoms with van der Waals surface area (Å²) in [5.74, 6) is -0.304. The molecule has 8 heteroatoms. The van der Waals surface area contributed by atoms with Gasteiger partial charge >= 0.3 is 12.4 Å². The van der Waals surface area contributed by atoms with Crippen LogP contribution >= 0.6 is 0 Å². The van der Waals surface area contributed by atoms with Gasteiger partial charge in [0.05, 0.1) is 0 Å². The van der Waals surface area contributed by atoms with E-state index in [1.54, 1.807) is 36.4 Å². The Balaban J connectivity index is 1.69. The van der Waals surface area contributed by atoms with Crippen LogP contribution in [0.2, 0.25) is 0 Å². The summed E-state index contributed by atoms with van der Waals surface area (Å²) < 4.78 is 40.7. The number of aliphatic hydroxyl groups excluding tert-OH is 1. The van der Waals surface area contributed by atoms with Gasteiger partial charge in [0.25, 0.3) is 0 Å². The van der Waals surface area contributed by atoms with E-state index in [0.717, 1.165) is 5.56 Å². The number of ether oxygens (including phenoxy) is 1. The molecule has 0 aromatic heterocycles. The van der Waals surface area contributed by atoms with Gasteiger partial charge < -0.3 is 20.5 Å². The average molecular weight is 416 g/mol. The molecule has 0 spiro atoms. The molecule has 3 aromatic carbocycles. The molecular weight excluding hydrogens is 397 g/mol. The standard InChI is InChI=1S/C22H19F3N2O3/c23-22(24,25)30-19-10-8-15(9-11-19)17-5-3-6-18(14-17)26-21(29)27-20-7-2-1-4-16(20)12-13-28/h1-11,14,28H,12-13H2,(H2,26,27,29). The fraction of sp³-hybridized carbons (Fsp3) is 0.136. The zero-order valence-corrected chi connectivity index (χ0v) is 15.7. The largest absolute Gasteiger partial charge is 0.573 e. The number of carbonyl (C=O) groups excluding carboxylic acids is 1. The molecule has 0 unspecified atom stereocenters. The Labute approximate surface area is 171 Å². The van der Waals surface area contributed by atoms with Crippen LogP contribution < -0.4 is 15.4 Å². The van der Waals surface area contributed by atoms with E-state index in [2.05, 4.69) is 15.4 Å². The summed E-state index contributed by atoms with van der Waals surface area (Å²) >= 11 is 0. The molecule has 0 aliphatic carbocycles. The number of amides is 2. The Bertz CT molecular complexity index is 1010. The number of urea groups is 1. The van der Waals surface area contributed by atoms with Gasteiger partial charge in [-0.15, -0.1) is 13.2 Å². The molecule has 0 radical (unpaired) electrons. The van der Waals surface area contributed by atoms with Gasteiger partial charge in [-0.25, -0.2) is 4.79 Å². The van der Waals surface area contributed by atoms with E-state index in [-0.39, 0.29) is 12.4 Å². The number of para-hydroxylation sites is 1. The number of hydrogen-bond acceptors (Lipinski definition) is 3. The van der Waals surface area contributed by atoms with Crippen LogP contribution in [-0.4, -0.2) is 24.1 Å². The third kappa shape index (κ3) is 5.99. The lowest BCUT2D eigenvalue weighted by molar-refractivity contribution is -0.274. The van der Waals surface area contributed by atoms with Crippen LogP contribution in [0.25, 0.3) is 11.1 Å².